The minimum Gasteiger partial charge on any atom is -0.388 e. The molecular formula is C9H19NO2. The molecule has 1 aliphatic carbocycles. The van der Waals surface area contributed by atoms with Gasteiger partial charge in [-0.1, -0.05) is 13.8 Å². The lowest BCUT2D eigenvalue weighted by Crippen LogP contribution is -2.67. The zero-order valence-corrected chi connectivity index (χ0v) is 8.13. The van der Waals surface area contributed by atoms with Crippen LogP contribution in [-0.2, 0) is 4.74 Å². The standard InChI is InChI=1S/C9H19NO2/c1-4-12-7-5-9(11,6-10)8(7,2)3/h7,11H,4-6,10H2,1-3H3/t7-,9+/m1/s1. The first kappa shape index (κ1) is 9.96. The second-order valence-corrected chi connectivity index (χ2v) is 4.11. The Morgan fingerprint density at radius 2 is 2.17 bits per heavy atom. The molecule has 0 unspecified atom stereocenters. The fourth-order valence-corrected chi connectivity index (χ4v) is 1.81. The summed E-state index contributed by atoms with van der Waals surface area (Å²) in [5.74, 6) is 0. The molecule has 0 radical (unpaired) electrons. The topological polar surface area (TPSA) is 55.5 Å². The van der Waals surface area contributed by atoms with Crippen LogP contribution >= 0.6 is 0 Å². The van der Waals surface area contributed by atoms with Gasteiger partial charge in [0.15, 0.2) is 0 Å². The van der Waals surface area contributed by atoms with Crippen LogP contribution in [0.4, 0.5) is 0 Å². The van der Waals surface area contributed by atoms with E-state index in [9.17, 15) is 5.11 Å². The highest BCUT2D eigenvalue weighted by molar-refractivity contribution is 5.10. The fourth-order valence-electron chi connectivity index (χ4n) is 1.81. The van der Waals surface area contributed by atoms with Crippen LogP contribution in [0.5, 0.6) is 0 Å². The number of hydrogen-bond acceptors (Lipinski definition) is 3. The zero-order chi connectivity index (χ0) is 9.41. The molecule has 0 saturated heterocycles. The van der Waals surface area contributed by atoms with E-state index in [4.69, 9.17) is 10.5 Å². The Kier molecular flexibility index (Phi) is 2.47. The van der Waals surface area contributed by atoms with E-state index in [1.54, 1.807) is 0 Å². The summed E-state index contributed by atoms with van der Waals surface area (Å²) in [6.45, 7) is 7.00. The Morgan fingerprint density at radius 1 is 1.58 bits per heavy atom. The zero-order valence-electron chi connectivity index (χ0n) is 8.13. The van der Waals surface area contributed by atoms with Crippen molar-refractivity contribution in [3.63, 3.8) is 0 Å². The molecule has 0 aliphatic heterocycles. The van der Waals surface area contributed by atoms with Crippen LogP contribution in [-0.4, -0.2) is 30.0 Å². The van der Waals surface area contributed by atoms with E-state index < -0.39 is 5.60 Å². The lowest BCUT2D eigenvalue weighted by atomic mass is 9.56. The fraction of sp³-hybridized carbons (Fsp3) is 1.00. The number of nitrogens with two attached hydrogens (primary N) is 1. The maximum absolute atomic E-state index is 9.94. The van der Waals surface area contributed by atoms with Crippen molar-refractivity contribution >= 4 is 0 Å². The molecule has 0 aromatic heterocycles. The summed E-state index contributed by atoms with van der Waals surface area (Å²) >= 11 is 0. The maximum atomic E-state index is 9.94. The number of hydrogen-bond donors (Lipinski definition) is 2. The third-order valence-electron chi connectivity index (χ3n) is 3.23. The van der Waals surface area contributed by atoms with Crippen molar-refractivity contribution in [2.24, 2.45) is 11.1 Å². The van der Waals surface area contributed by atoms with Gasteiger partial charge in [0, 0.05) is 25.0 Å². The van der Waals surface area contributed by atoms with Gasteiger partial charge in [-0.2, -0.15) is 0 Å². The Morgan fingerprint density at radius 3 is 2.50 bits per heavy atom. The van der Waals surface area contributed by atoms with Gasteiger partial charge in [-0.25, -0.2) is 0 Å². The summed E-state index contributed by atoms with van der Waals surface area (Å²) in [6.07, 6.45) is 0.834. The van der Waals surface area contributed by atoms with E-state index in [2.05, 4.69) is 0 Å². The molecular weight excluding hydrogens is 154 g/mol. The normalized spacial score (nSPS) is 39.2. The number of aliphatic hydroxyl groups is 1. The van der Waals surface area contributed by atoms with E-state index in [0.29, 0.717) is 19.6 Å². The van der Waals surface area contributed by atoms with E-state index >= 15 is 0 Å². The molecule has 3 nitrogen and oxygen atoms in total. The molecule has 1 saturated carbocycles. The van der Waals surface area contributed by atoms with Gasteiger partial charge < -0.3 is 15.6 Å². The van der Waals surface area contributed by atoms with Crippen molar-refractivity contribution in [3.05, 3.63) is 0 Å². The molecule has 72 valence electrons. The SMILES string of the molecule is CCO[C@@H]1C[C@](O)(CN)C1(C)C. The third kappa shape index (κ3) is 1.16. The van der Waals surface area contributed by atoms with Crippen molar-refractivity contribution < 1.29 is 9.84 Å². The third-order valence-corrected chi connectivity index (χ3v) is 3.23. The first-order chi connectivity index (χ1) is 5.48. The van der Waals surface area contributed by atoms with Gasteiger partial charge in [-0.05, 0) is 6.92 Å². The summed E-state index contributed by atoms with van der Waals surface area (Å²) in [7, 11) is 0. The Balaban J connectivity index is 2.59. The quantitative estimate of drug-likeness (QED) is 0.654. The lowest BCUT2D eigenvalue weighted by molar-refractivity contribution is -0.235. The summed E-state index contributed by atoms with van der Waals surface area (Å²) < 4.78 is 5.47. The van der Waals surface area contributed by atoms with Gasteiger partial charge in [0.05, 0.1) is 11.7 Å². The molecule has 1 rings (SSSR count). The van der Waals surface area contributed by atoms with Crippen LogP contribution < -0.4 is 5.73 Å². The average Bonchev–Trinajstić information content (AvgIpc) is 2.04. The molecule has 3 heteroatoms. The smallest absolute Gasteiger partial charge is 0.0869 e. The molecule has 0 heterocycles. The highest BCUT2D eigenvalue weighted by atomic mass is 16.5. The van der Waals surface area contributed by atoms with Gasteiger partial charge in [-0.3, -0.25) is 0 Å². The first-order valence-electron chi connectivity index (χ1n) is 4.52. The molecule has 3 N–H and O–H groups in total. The van der Waals surface area contributed by atoms with Gasteiger partial charge >= 0.3 is 0 Å². The van der Waals surface area contributed by atoms with Crippen molar-refractivity contribution in [2.75, 3.05) is 13.2 Å². The minimum atomic E-state index is -0.715. The second kappa shape index (κ2) is 2.98. The molecule has 1 aliphatic rings. The predicted molar refractivity (Wildman–Crippen MR) is 47.8 cm³/mol. The van der Waals surface area contributed by atoms with Crippen molar-refractivity contribution in [2.45, 2.75) is 38.9 Å². The molecule has 0 aromatic rings. The first-order valence-corrected chi connectivity index (χ1v) is 4.52. The average molecular weight is 173 g/mol. The van der Waals surface area contributed by atoms with Crippen LogP contribution in [0.15, 0.2) is 0 Å². The van der Waals surface area contributed by atoms with Crippen LogP contribution in [0.25, 0.3) is 0 Å². The Labute approximate surface area is 73.9 Å². The summed E-state index contributed by atoms with van der Waals surface area (Å²) in [5, 5.41) is 9.94. The largest absolute Gasteiger partial charge is 0.388 e. The van der Waals surface area contributed by atoms with E-state index in [0.717, 1.165) is 0 Å². The van der Waals surface area contributed by atoms with Crippen molar-refractivity contribution in [3.8, 4) is 0 Å². The summed E-state index contributed by atoms with van der Waals surface area (Å²) in [4.78, 5) is 0. The highest BCUT2D eigenvalue weighted by Crippen LogP contribution is 2.50. The van der Waals surface area contributed by atoms with Gasteiger partial charge in [-0.15, -0.1) is 0 Å². The Bertz CT molecular complexity index is 170. The van der Waals surface area contributed by atoms with Crippen LogP contribution in [0.3, 0.4) is 0 Å². The Hall–Kier alpha value is -0.120. The molecule has 2 atom stereocenters. The molecule has 1 fully saturated rings. The molecule has 12 heavy (non-hydrogen) atoms. The van der Waals surface area contributed by atoms with Crippen molar-refractivity contribution in [1.82, 2.24) is 0 Å². The lowest BCUT2D eigenvalue weighted by Gasteiger charge is -2.57. The van der Waals surface area contributed by atoms with Gasteiger partial charge in [0.2, 0.25) is 0 Å². The van der Waals surface area contributed by atoms with Gasteiger partial charge in [0.25, 0.3) is 0 Å². The van der Waals surface area contributed by atoms with E-state index in [-0.39, 0.29) is 11.5 Å². The highest BCUT2D eigenvalue weighted by Gasteiger charge is 2.59. The molecule has 0 aromatic carbocycles. The van der Waals surface area contributed by atoms with E-state index in [1.807, 2.05) is 20.8 Å². The van der Waals surface area contributed by atoms with Crippen LogP contribution in [0.2, 0.25) is 0 Å². The van der Waals surface area contributed by atoms with Crippen LogP contribution in [0.1, 0.15) is 27.2 Å². The van der Waals surface area contributed by atoms with Crippen molar-refractivity contribution in [1.29, 1.82) is 0 Å². The number of rotatable bonds is 3. The monoisotopic (exact) mass is 173 g/mol. The maximum Gasteiger partial charge on any atom is 0.0869 e. The molecule has 0 amide bonds. The molecule has 0 spiro atoms. The summed E-state index contributed by atoms with van der Waals surface area (Å²) in [5.41, 5.74) is 4.58. The summed E-state index contributed by atoms with van der Waals surface area (Å²) in [6, 6.07) is 0. The predicted octanol–water partition coefficient (Wildman–Crippen LogP) is 0.511. The number of ether oxygens (including phenoxy) is 1. The van der Waals surface area contributed by atoms with Crippen LogP contribution in [0, 0.1) is 5.41 Å². The van der Waals surface area contributed by atoms with Gasteiger partial charge in [0.1, 0.15) is 0 Å². The molecule has 0 bridgehead atoms. The minimum absolute atomic E-state index is 0.163. The second-order valence-electron chi connectivity index (χ2n) is 4.11. The van der Waals surface area contributed by atoms with E-state index in [1.165, 1.54) is 0 Å².